The minimum absolute atomic E-state index is 0.0659. The molecule has 0 aromatic heterocycles. The predicted octanol–water partition coefficient (Wildman–Crippen LogP) is 1.47. The van der Waals surface area contributed by atoms with E-state index in [0.717, 1.165) is 44.3 Å². The Labute approximate surface area is 132 Å². The molecule has 1 aromatic rings. The summed E-state index contributed by atoms with van der Waals surface area (Å²) in [6.07, 6.45) is 3.27. The fourth-order valence-corrected chi connectivity index (χ4v) is 3.58. The number of carbonyl (C=O) groups is 1. The van der Waals surface area contributed by atoms with Crippen LogP contribution >= 0.6 is 0 Å². The van der Waals surface area contributed by atoms with Gasteiger partial charge in [0, 0.05) is 24.9 Å². The van der Waals surface area contributed by atoms with Crippen LogP contribution in [-0.4, -0.2) is 52.2 Å². The van der Waals surface area contributed by atoms with E-state index < -0.39 is 9.84 Å². The minimum Gasteiger partial charge on any atom is -0.338 e. The van der Waals surface area contributed by atoms with Crippen molar-refractivity contribution in [3.8, 4) is 0 Å². The first kappa shape index (κ1) is 17.0. The average Bonchev–Trinajstić information content (AvgIpc) is 2.46. The van der Waals surface area contributed by atoms with Crippen LogP contribution in [0, 0.1) is 12.8 Å². The van der Waals surface area contributed by atoms with Gasteiger partial charge in [-0.15, -0.1) is 0 Å². The van der Waals surface area contributed by atoms with Crippen molar-refractivity contribution < 1.29 is 13.2 Å². The Kier molecular flexibility index (Phi) is 5.24. The van der Waals surface area contributed by atoms with E-state index in [1.54, 1.807) is 12.1 Å². The van der Waals surface area contributed by atoms with Crippen LogP contribution in [0.2, 0.25) is 0 Å². The van der Waals surface area contributed by atoms with Crippen molar-refractivity contribution in [2.45, 2.75) is 24.7 Å². The number of rotatable bonds is 4. The maximum atomic E-state index is 12.8. The minimum atomic E-state index is -3.31. The van der Waals surface area contributed by atoms with E-state index in [0.29, 0.717) is 11.5 Å². The molecule has 1 heterocycles. The lowest BCUT2D eigenvalue weighted by atomic mass is 9.97. The zero-order chi connectivity index (χ0) is 16.3. The van der Waals surface area contributed by atoms with Crippen LogP contribution in [-0.2, 0) is 9.84 Å². The summed E-state index contributed by atoms with van der Waals surface area (Å²) in [5, 5.41) is 3.16. The molecule has 5 nitrogen and oxygen atoms in total. The molecule has 0 saturated carbocycles. The van der Waals surface area contributed by atoms with Crippen molar-refractivity contribution in [3.63, 3.8) is 0 Å². The maximum absolute atomic E-state index is 12.8. The molecular weight excluding hydrogens is 300 g/mol. The smallest absolute Gasteiger partial charge is 0.254 e. The number of aryl methyl sites for hydroxylation is 1. The van der Waals surface area contributed by atoms with E-state index >= 15 is 0 Å². The largest absolute Gasteiger partial charge is 0.338 e. The second-order valence-electron chi connectivity index (χ2n) is 6.07. The fraction of sp³-hybridized carbons (Fsp3) is 0.562. The lowest BCUT2D eigenvalue weighted by Gasteiger charge is -2.33. The SMILES string of the molecule is CNC[C@H]1CCCN(C(=O)c2cc(S(C)(=O)=O)ccc2C)C1. The number of hydrogen-bond acceptors (Lipinski definition) is 4. The van der Waals surface area contributed by atoms with Gasteiger partial charge in [0.2, 0.25) is 0 Å². The molecule has 1 amide bonds. The van der Waals surface area contributed by atoms with Crippen molar-refractivity contribution in [2.24, 2.45) is 5.92 Å². The molecule has 1 fully saturated rings. The molecule has 1 aromatic carbocycles. The van der Waals surface area contributed by atoms with Crippen molar-refractivity contribution in [1.82, 2.24) is 10.2 Å². The summed E-state index contributed by atoms with van der Waals surface area (Å²) in [7, 11) is -1.39. The highest BCUT2D eigenvalue weighted by Crippen LogP contribution is 2.21. The van der Waals surface area contributed by atoms with Gasteiger partial charge in [-0.2, -0.15) is 0 Å². The zero-order valence-corrected chi connectivity index (χ0v) is 14.2. The molecule has 0 radical (unpaired) electrons. The molecule has 1 aliphatic heterocycles. The Morgan fingerprint density at radius 2 is 2.14 bits per heavy atom. The molecule has 1 atom stereocenters. The summed E-state index contributed by atoms with van der Waals surface area (Å²) in [5.41, 5.74) is 1.31. The molecule has 122 valence electrons. The number of benzene rings is 1. The van der Waals surface area contributed by atoms with E-state index in [1.807, 2.05) is 18.9 Å². The molecule has 0 spiro atoms. The highest BCUT2D eigenvalue weighted by atomic mass is 32.2. The van der Waals surface area contributed by atoms with Crippen LogP contribution in [0.3, 0.4) is 0 Å². The number of sulfone groups is 1. The summed E-state index contributed by atoms with van der Waals surface area (Å²) in [6.45, 7) is 4.20. The highest BCUT2D eigenvalue weighted by Gasteiger charge is 2.25. The van der Waals surface area contributed by atoms with Crippen LogP contribution in [0.4, 0.5) is 0 Å². The van der Waals surface area contributed by atoms with Gasteiger partial charge in [-0.25, -0.2) is 8.42 Å². The van der Waals surface area contributed by atoms with Gasteiger partial charge in [0.25, 0.3) is 5.91 Å². The average molecular weight is 324 g/mol. The molecule has 0 bridgehead atoms. The number of hydrogen-bond donors (Lipinski definition) is 1. The first-order valence-electron chi connectivity index (χ1n) is 7.57. The molecule has 0 unspecified atom stereocenters. The number of nitrogens with zero attached hydrogens (tertiary/aromatic N) is 1. The van der Waals surface area contributed by atoms with Gasteiger partial charge in [-0.1, -0.05) is 6.07 Å². The second-order valence-corrected chi connectivity index (χ2v) is 8.08. The standard InChI is InChI=1S/C16H24N2O3S/c1-12-6-7-14(22(3,20)21)9-15(12)16(19)18-8-4-5-13(11-18)10-17-2/h6-7,9,13,17H,4-5,8,10-11H2,1-3H3/t13-/m1/s1. The molecule has 0 aliphatic carbocycles. The van der Waals surface area contributed by atoms with Crippen LogP contribution in [0.15, 0.2) is 23.1 Å². The molecule has 1 aliphatic rings. The van der Waals surface area contributed by atoms with E-state index in [-0.39, 0.29) is 10.8 Å². The van der Waals surface area contributed by atoms with Crippen LogP contribution in [0.1, 0.15) is 28.8 Å². The molecule has 2 rings (SSSR count). The molecule has 1 saturated heterocycles. The Hall–Kier alpha value is -1.40. The summed E-state index contributed by atoms with van der Waals surface area (Å²) in [5.74, 6) is 0.393. The maximum Gasteiger partial charge on any atom is 0.254 e. The Bertz CT molecular complexity index is 653. The van der Waals surface area contributed by atoms with Gasteiger partial charge in [0.05, 0.1) is 4.90 Å². The summed E-state index contributed by atoms with van der Waals surface area (Å²) < 4.78 is 23.4. The van der Waals surface area contributed by atoms with Gasteiger partial charge in [-0.05, 0) is 57.0 Å². The predicted molar refractivity (Wildman–Crippen MR) is 86.8 cm³/mol. The van der Waals surface area contributed by atoms with Crippen molar-refractivity contribution in [1.29, 1.82) is 0 Å². The number of carbonyl (C=O) groups excluding carboxylic acids is 1. The van der Waals surface area contributed by atoms with Gasteiger partial charge in [0.15, 0.2) is 9.84 Å². The summed E-state index contributed by atoms with van der Waals surface area (Å²) in [4.78, 5) is 14.8. The second kappa shape index (κ2) is 6.79. The van der Waals surface area contributed by atoms with Gasteiger partial charge >= 0.3 is 0 Å². The van der Waals surface area contributed by atoms with E-state index in [9.17, 15) is 13.2 Å². The van der Waals surface area contributed by atoms with E-state index in [4.69, 9.17) is 0 Å². The Balaban J connectivity index is 2.25. The molecule has 22 heavy (non-hydrogen) atoms. The van der Waals surface area contributed by atoms with E-state index in [1.165, 1.54) is 6.07 Å². The molecule has 6 heteroatoms. The van der Waals surface area contributed by atoms with E-state index in [2.05, 4.69) is 5.32 Å². The Morgan fingerprint density at radius 1 is 1.41 bits per heavy atom. The topological polar surface area (TPSA) is 66.5 Å². The highest BCUT2D eigenvalue weighted by molar-refractivity contribution is 7.90. The molecular formula is C16H24N2O3S. The van der Waals surface area contributed by atoms with Crippen molar-refractivity contribution in [3.05, 3.63) is 29.3 Å². The number of likely N-dealkylation sites (tertiary alicyclic amines) is 1. The third kappa shape index (κ3) is 3.87. The first-order valence-corrected chi connectivity index (χ1v) is 9.46. The lowest BCUT2D eigenvalue weighted by molar-refractivity contribution is 0.0673. The first-order chi connectivity index (χ1) is 10.3. The summed E-state index contributed by atoms with van der Waals surface area (Å²) in [6, 6.07) is 4.77. The zero-order valence-electron chi connectivity index (χ0n) is 13.4. The van der Waals surface area contributed by atoms with Crippen LogP contribution in [0.5, 0.6) is 0 Å². The van der Waals surface area contributed by atoms with Gasteiger partial charge < -0.3 is 10.2 Å². The van der Waals surface area contributed by atoms with Crippen LogP contribution < -0.4 is 5.32 Å². The quantitative estimate of drug-likeness (QED) is 0.911. The van der Waals surface area contributed by atoms with Crippen molar-refractivity contribution >= 4 is 15.7 Å². The summed E-state index contributed by atoms with van der Waals surface area (Å²) >= 11 is 0. The number of piperidine rings is 1. The normalized spacial score (nSPS) is 19.2. The van der Waals surface area contributed by atoms with Gasteiger partial charge in [-0.3, -0.25) is 4.79 Å². The molecule has 1 N–H and O–H groups in total. The monoisotopic (exact) mass is 324 g/mol. The fourth-order valence-electron chi connectivity index (χ4n) is 2.94. The number of amides is 1. The van der Waals surface area contributed by atoms with Crippen LogP contribution in [0.25, 0.3) is 0 Å². The number of nitrogens with one attached hydrogen (secondary N) is 1. The third-order valence-corrected chi connectivity index (χ3v) is 5.28. The third-order valence-electron chi connectivity index (χ3n) is 4.17. The Morgan fingerprint density at radius 3 is 2.77 bits per heavy atom. The van der Waals surface area contributed by atoms with Gasteiger partial charge in [0.1, 0.15) is 0 Å². The lowest BCUT2D eigenvalue weighted by Crippen LogP contribution is -2.42. The van der Waals surface area contributed by atoms with Crippen molar-refractivity contribution in [2.75, 3.05) is 32.9 Å².